The third-order valence-corrected chi connectivity index (χ3v) is 2.54. The molecule has 11 heavy (non-hydrogen) atoms. The highest BCUT2D eigenvalue weighted by Gasteiger charge is 2.26. The molecule has 56 valence electrons. The summed E-state index contributed by atoms with van der Waals surface area (Å²) in [7, 11) is 0. The molecule has 0 N–H and O–H groups in total. The van der Waals surface area contributed by atoms with Crippen LogP contribution in [0.25, 0.3) is 0 Å². The Morgan fingerprint density at radius 2 is 2.45 bits per heavy atom. The highest BCUT2D eigenvalue weighted by atomic mass is 79.9. The van der Waals surface area contributed by atoms with E-state index >= 15 is 0 Å². The van der Waals surface area contributed by atoms with E-state index in [0.717, 1.165) is 4.60 Å². The average molecular weight is 212 g/mol. The number of halogens is 1. The third kappa shape index (κ3) is 1.05. The van der Waals surface area contributed by atoms with E-state index in [0.29, 0.717) is 11.6 Å². The quantitative estimate of drug-likeness (QED) is 0.712. The van der Waals surface area contributed by atoms with Gasteiger partial charge in [-0.1, -0.05) is 0 Å². The second-order valence-electron chi connectivity index (χ2n) is 2.64. The molecule has 1 aliphatic carbocycles. The molecule has 0 bridgehead atoms. The highest BCUT2D eigenvalue weighted by Crippen LogP contribution is 2.37. The number of rotatable bonds is 1. The molecule has 1 aromatic rings. The molecule has 0 aromatic carbocycles. The Hall–Kier alpha value is -0.820. The first-order valence-electron chi connectivity index (χ1n) is 3.46. The van der Waals surface area contributed by atoms with Crippen molar-refractivity contribution in [3.63, 3.8) is 0 Å². The molecule has 1 fully saturated rings. The molecule has 0 radical (unpaired) electrons. The summed E-state index contributed by atoms with van der Waals surface area (Å²) in [6.07, 6.45) is 3.97. The van der Waals surface area contributed by atoms with Crippen LogP contribution in [0.4, 0.5) is 0 Å². The molecule has 1 heterocycles. The second-order valence-corrected chi connectivity index (χ2v) is 3.39. The summed E-state index contributed by atoms with van der Waals surface area (Å²) in [4.78, 5) is 0. The molecule has 0 aliphatic heterocycles. The zero-order chi connectivity index (χ0) is 7.84. The molecule has 0 unspecified atom stereocenters. The molecular formula is C7H6BrN3. The van der Waals surface area contributed by atoms with Crippen molar-refractivity contribution in [1.82, 2.24) is 9.78 Å². The summed E-state index contributed by atoms with van der Waals surface area (Å²) in [5.74, 6) is 0. The largest absolute Gasteiger partial charge is 0.254 e. The summed E-state index contributed by atoms with van der Waals surface area (Å²) in [6, 6.07) is 2.60. The van der Waals surface area contributed by atoms with Gasteiger partial charge in [0, 0.05) is 0 Å². The van der Waals surface area contributed by atoms with E-state index in [1.807, 2.05) is 4.68 Å². The van der Waals surface area contributed by atoms with Gasteiger partial charge in [0.25, 0.3) is 0 Å². The highest BCUT2D eigenvalue weighted by molar-refractivity contribution is 9.10. The van der Waals surface area contributed by atoms with Crippen molar-refractivity contribution in [1.29, 1.82) is 5.26 Å². The van der Waals surface area contributed by atoms with E-state index in [9.17, 15) is 0 Å². The van der Waals surface area contributed by atoms with Crippen molar-refractivity contribution in [3.8, 4) is 6.07 Å². The van der Waals surface area contributed by atoms with Gasteiger partial charge in [0.2, 0.25) is 0 Å². The van der Waals surface area contributed by atoms with Crippen LogP contribution in [-0.2, 0) is 0 Å². The lowest BCUT2D eigenvalue weighted by Crippen LogP contribution is -1.95. The fraction of sp³-hybridized carbons (Fsp3) is 0.429. The van der Waals surface area contributed by atoms with Crippen LogP contribution < -0.4 is 0 Å². The minimum Gasteiger partial charge on any atom is -0.254 e. The predicted octanol–water partition coefficient (Wildman–Crippen LogP) is 1.85. The minimum absolute atomic E-state index is 0.534. The zero-order valence-corrected chi connectivity index (χ0v) is 7.37. The molecule has 2 rings (SSSR count). The lowest BCUT2D eigenvalue weighted by atomic mass is 10.4. The summed E-state index contributed by atoms with van der Waals surface area (Å²) in [5, 5.41) is 12.7. The zero-order valence-electron chi connectivity index (χ0n) is 5.79. The van der Waals surface area contributed by atoms with Crippen LogP contribution in [0.2, 0.25) is 0 Å². The molecule has 1 saturated carbocycles. The lowest BCUT2D eigenvalue weighted by molar-refractivity contribution is 0.627. The van der Waals surface area contributed by atoms with E-state index < -0.39 is 0 Å². The van der Waals surface area contributed by atoms with Gasteiger partial charge in [0.15, 0.2) is 0 Å². The van der Waals surface area contributed by atoms with E-state index in [2.05, 4.69) is 27.1 Å². The third-order valence-electron chi connectivity index (χ3n) is 1.75. The van der Waals surface area contributed by atoms with Crippen molar-refractivity contribution in [2.45, 2.75) is 18.9 Å². The molecule has 1 aliphatic rings. The number of hydrogen-bond donors (Lipinski definition) is 0. The molecule has 0 amide bonds. The van der Waals surface area contributed by atoms with Gasteiger partial charge in [0.05, 0.1) is 12.2 Å². The lowest BCUT2D eigenvalue weighted by Gasteiger charge is -1.96. The molecule has 0 atom stereocenters. The van der Waals surface area contributed by atoms with E-state index in [1.54, 1.807) is 6.20 Å². The van der Waals surface area contributed by atoms with Crippen molar-refractivity contribution in [2.75, 3.05) is 0 Å². The van der Waals surface area contributed by atoms with Gasteiger partial charge < -0.3 is 0 Å². The summed E-state index contributed by atoms with van der Waals surface area (Å²) < 4.78 is 2.70. The second kappa shape index (κ2) is 2.35. The van der Waals surface area contributed by atoms with Crippen LogP contribution in [0.1, 0.15) is 24.4 Å². The molecule has 1 aromatic heterocycles. The van der Waals surface area contributed by atoms with Crippen molar-refractivity contribution < 1.29 is 0 Å². The van der Waals surface area contributed by atoms with Crippen LogP contribution in [0.5, 0.6) is 0 Å². The van der Waals surface area contributed by atoms with Crippen molar-refractivity contribution >= 4 is 15.9 Å². The first-order valence-corrected chi connectivity index (χ1v) is 4.25. The summed E-state index contributed by atoms with van der Waals surface area (Å²) in [5.41, 5.74) is 0.622. The molecule has 0 spiro atoms. The Bertz CT molecular complexity index is 319. The normalized spacial score (nSPS) is 16.4. The average Bonchev–Trinajstić information content (AvgIpc) is 2.77. The SMILES string of the molecule is N#Cc1cnn(C2CC2)c1Br. The number of aromatic nitrogens is 2. The number of hydrogen-bond acceptors (Lipinski definition) is 2. The van der Waals surface area contributed by atoms with E-state index in [1.165, 1.54) is 12.8 Å². The standard InChI is InChI=1S/C7H6BrN3/c8-7-5(3-9)4-10-11(7)6-1-2-6/h4,6H,1-2H2. The first kappa shape index (κ1) is 6.86. The first-order chi connectivity index (χ1) is 5.33. The van der Waals surface area contributed by atoms with Crippen LogP contribution in [0, 0.1) is 11.3 Å². The Morgan fingerprint density at radius 3 is 2.91 bits per heavy atom. The monoisotopic (exact) mass is 211 g/mol. The van der Waals surface area contributed by atoms with Crippen molar-refractivity contribution in [2.24, 2.45) is 0 Å². The van der Waals surface area contributed by atoms with Gasteiger partial charge >= 0.3 is 0 Å². The van der Waals surface area contributed by atoms with Gasteiger partial charge in [-0.3, -0.25) is 4.68 Å². The van der Waals surface area contributed by atoms with Gasteiger partial charge in [0.1, 0.15) is 16.2 Å². The van der Waals surface area contributed by atoms with Crippen LogP contribution in [-0.4, -0.2) is 9.78 Å². The van der Waals surface area contributed by atoms with Gasteiger partial charge in [-0.05, 0) is 28.8 Å². The molecule has 3 nitrogen and oxygen atoms in total. The van der Waals surface area contributed by atoms with Gasteiger partial charge in [-0.15, -0.1) is 0 Å². The fourth-order valence-electron chi connectivity index (χ4n) is 0.996. The Kier molecular flexibility index (Phi) is 1.46. The Balaban J connectivity index is 2.42. The van der Waals surface area contributed by atoms with E-state index in [-0.39, 0.29) is 0 Å². The van der Waals surface area contributed by atoms with Crippen LogP contribution in [0.3, 0.4) is 0 Å². The van der Waals surface area contributed by atoms with Gasteiger partial charge in [-0.2, -0.15) is 10.4 Å². The predicted molar refractivity (Wildman–Crippen MR) is 42.9 cm³/mol. The maximum Gasteiger partial charge on any atom is 0.122 e. The maximum atomic E-state index is 8.60. The summed E-state index contributed by atoms with van der Waals surface area (Å²) in [6.45, 7) is 0. The number of nitriles is 1. The van der Waals surface area contributed by atoms with Crippen LogP contribution >= 0.6 is 15.9 Å². The summed E-state index contributed by atoms with van der Waals surface area (Å²) >= 11 is 3.33. The number of nitrogens with zero attached hydrogens (tertiary/aromatic N) is 3. The van der Waals surface area contributed by atoms with Crippen LogP contribution in [0.15, 0.2) is 10.8 Å². The molecular weight excluding hydrogens is 206 g/mol. The maximum absolute atomic E-state index is 8.60. The smallest absolute Gasteiger partial charge is 0.122 e. The fourth-order valence-corrected chi connectivity index (χ4v) is 1.57. The van der Waals surface area contributed by atoms with E-state index in [4.69, 9.17) is 5.26 Å². The Labute approximate surface area is 72.8 Å². The topological polar surface area (TPSA) is 41.6 Å². The minimum atomic E-state index is 0.534. The molecule has 4 heteroatoms. The Morgan fingerprint density at radius 1 is 1.73 bits per heavy atom. The van der Waals surface area contributed by atoms with Crippen molar-refractivity contribution in [3.05, 3.63) is 16.4 Å². The van der Waals surface area contributed by atoms with Gasteiger partial charge in [-0.25, -0.2) is 0 Å². The molecule has 0 saturated heterocycles.